The van der Waals surface area contributed by atoms with Gasteiger partial charge in [-0.15, -0.1) is 0 Å². The Morgan fingerprint density at radius 3 is 2.79 bits per heavy atom. The summed E-state index contributed by atoms with van der Waals surface area (Å²) in [5.74, 6) is -0.906. The zero-order chi connectivity index (χ0) is 20.5. The zero-order valence-corrected chi connectivity index (χ0v) is 16.5. The van der Waals surface area contributed by atoms with E-state index in [1.807, 2.05) is 42.5 Å². The van der Waals surface area contributed by atoms with Crippen LogP contribution in [0.15, 0.2) is 53.6 Å². The maximum Gasteiger partial charge on any atom is 0.329 e. The highest BCUT2D eigenvalue weighted by Gasteiger charge is 2.18. The van der Waals surface area contributed by atoms with Crippen LogP contribution < -0.4 is 15.5 Å². The van der Waals surface area contributed by atoms with Gasteiger partial charge in [-0.3, -0.25) is 9.59 Å². The maximum atomic E-state index is 11.8. The number of hydrogen-bond acceptors (Lipinski definition) is 5. The Morgan fingerprint density at radius 2 is 2.03 bits per heavy atom. The molecule has 1 saturated heterocycles. The first-order chi connectivity index (χ1) is 14.1. The normalized spacial score (nSPS) is 16.0. The quantitative estimate of drug-likeness (QED) is 0.413. The van der Waals surface area contributed by atoms with E-state index in [-0.39, 0.29) is 6.10 Å². The number of halogens is 1. The van der Waals surface area contributed by atoms with E-state index < -0.39 is 11.8 Å². The van der Waals surface area contributed by atoms with Gasteiger partial charge in [-0.05, 0) is 48.2 Å². The average Bonchev–Trinajstić information content (AvgIpc) is 3.25. The lowest BCUT2D eigenvalue weighted by atomic mass is 10.2. The first-order valence-corrected chi connectivity index (χ1v) is 9.68. The second-order valence-electron chi connectivity index (χ2n) is 6.53. The Bertz CT molecular complexity index is 864. The summed E-state index contributed by atoms with van der Waals surface area (Å²) < 4.78 is 11.1. The second kappa shape index (κ2) is 10.6. The number of carbonyl (C=O) groups excluding carboxylic acids is 2. The molecule has 2 amide bonds. The number of amides is 2. The fourth-order valence-electron chi connectivity index (χ4n) is 2.74. The van der Waals surface area contributed by atoms with Crippen molar-refractivity contribution < 1.29 is 19.1 Å². The average molecular weight is 416 g/mol. The van der Waals surface area contributed by atoms with Crippen molar-refractivity contribution in [2.24, 2.45) is 5.10 Å². The minimum Gasteiger partial charge on any atom is -0.489 e. The van der Waals surface area contributed by atoms with Crippen LogP contribution in [0, 0.1) is 0 Å². The second-order valence-corrected chi connectivity index (χ2v) is 6.97. The van der Waals surface area contributed by atoms with Gasteiger partial charge < -0.3 is 14.8 Å². The summed E-state index contributed by atoms with van der Waals surface area (Å²) in [5.41, 5.74) is 3.93. The topological polar surface area (TPSA) is 89.0 Å². The smallest absolute Gasteiger partial charge is 0.329 e. The van der Waals surface area contributed by atoms with Gasteiger partial charge in [0, 0.05) is 18.2 Å². The molecule has 2 aromatic carbocycles. The Morgan fingerprint density at radius 1 is 1.21 bits per heavy atom. The van der Waals surface area contributed by atoms with Gasteiger partial charge >= 0.3 is 11.8 Å². The van der Waals surface area contributed by atoms with E-state index in [0.717, 1.165) is 24.0 Å². The molecule has 1 heterocycles. The summed E-state index contributed by atoms with van der Waals surface area (Å²) >= 11 is 5.87. The van der Waals surface area contributed by atoms with Gasteiger partial charge in [0.05, 0.1) is 12.3 Å². The minimum absolute atomic E-state index is 0.0223. The molecule has 0 bridgehead atoms. The fourth-order valence-corrected chi connectivity index (χ4v) is 2.87. The van der Waals surface area contributed by atoms with Gasteiger partial charge in [0.1, 0.15) is 12.4 Å². The molecule has 0 spiro atoms. The molecule has 0 unspecified atom stereocenters. The summed E-state index contributed by atoms with van der Waals surface area (Å²) in [4.78, 5) is 23.5. The third-order valence-corrected chi connectivity index (χ3v) is 4.53. The van der Waals surface area contributed by atoms with Gasteiger partial charge in [0.25, 0.3) is 0 Å². The summed E-state index contributed by atoms with van der Waals surface area (Å²) in [7, 11) is 0. The summed E-state index contributed by atoms with van der Waals surface area (Å²) in [6, 6.07) is 14.6. The molecule has 29 heavy (non-hydrogen) atoms. The van der Waals surface area contributed by atoms with Gasteiger partial charge in [-0.25, -0.2) is 5.43 Å². The van der Waals surface area contributed by atoms with E-state index in [1.165, 1.54) is 6.21 Å². The molecule has 2 N–H and O–H groups in total. The Balaban J connectivity index is 1.44. The Labute approximate surface area is 174 Å². The van der Waals surface area contributed by atoms with Gasteiger partial charge in [0.2, 0.25) is 0 Å². The van der Waals surface area contributed by atoms with Crippen LogP contribution in [0.25, 0.3) is 0 Å². The number of benzene rings is 2. The number of nitrogens with one attached hydrogen (secondary N) is 2. The fraction of sp³-hybridized carbons (Fsp3) is 0.286. The number of nitrogens with zero attached hydrogens (tertiary/aromatic N) is 1. The van der Waals surface area contributed by atoms with Crippen LogP contribution in [0.1, 0.15) is 24.0 Å². The predicted octanol–water partition coefficient (Wildman–Crippen LogP) is 2.66. The molecule has 0 aromatic heterocycles. The molecule has 1 aliphatic rings. The predicted molar refractivity (Wildman–Crippen MR) is 110 cm³/mol. The lowest BCUT2D eigenvalue weighted by Gasteiger charge is -2.09. The van der Waals surface area contributed by atoms with Crippen LogP contribution >= 0.6 is 11.6 Å². The zero-order valence-electron chi connectivity index (χ0n) is 15.8. The molecular formula is C21H22ClN3O4. The monoisotopic (exact) mass is 415 g/mol. The number of hydrazone groups is 1. The van der Waals surface area contributed by atoms with Crippen molar-refractivity contribution in [3.8, 4) is 5.75 Å². The highest BCUT2D eigenvalue weighted by molar-refractivity contribution is 6.35. The number of hydrogen-bond donors (Lipinski definition) is 2. The van der Waals surface area contributed by atoms with Crippen molar-refractivity contribution in [3.63, 3.8) is 0 Å². The van der Waals surface area contributed by atoms with Crippen LogP contribution in [0.2, 0.25) is 5.02 Å². The van der Waals surface area contributed by atoms with E-state index in [1.54, 1.807) is 6.07 Å². The lowest BCUT2D eigenvalue weighted by molar-refractivity contribution is -0.139. The highest BCUT2D eigenvalue weighted by Crippen LogP contribution is 2.16. The SMILES string of the molecule is O=C(NC[C@@H]1CCCO1)C(=O)N/N=C\c1cccc(OCc2ccc(Cl)cc2)c1. The molecule has 1 fully saturated rings. The van der Waals surface area contributed by atoms with Crippen molar-refractivity contribution in [3.05, 3.63) is 64.7 Å². The number of rotatable bonds is 7. The molecule has 1 aliphatic heterocycles. The Kier molecular flexibility index (Phi) is 7.61. The summed E-state index contributed by atoms with van der Waals surface area (Å²) in [6.45, 7) is 1.42. The van der Waals surface area contributed by atoms with Crippen molar-refractivity contribution in [1.29, 1.82) is 0 Å². The highest BCUT2D eigenvalue weighted by atomic mass is 35.5. The van der Waals surface area contributed by atoms with Crippen LogP contribution in [0.4, 0.5) is 0 Å². The van der Waals surface area contributed by atoms with E-state index in [0.29, 0.717) is 30.5 Å². The molecule has 7 nitrogen and oxygen atoms in total. The largest absolute Gasteiger partial charge is 0.489 e. The number of carbonyl (C=O) groups is 2. The molecule has 152 valence electrons. The molecule has 8 heteroatoms. The van der Waals surface area contributed by atoms with Crippen LogP contribution in [-0.4, -0.2) is 37.3 Å². The van der Waals surface area contributed by atoms with E-state index in [2.05, 4.69) is 15.8 Å². The van der Waals surface area contributed by atoms with Crippen LogP contribution in [0.5, 0.6) is 5.75 Å². The van der Waals surface area contributed by atoms with Crippen molar-refractivity contribution in [2.45, 2.75) is 25.6 Å². The van der Waals surface area contributed by atoms with Crippen LogP contribution in [-0.2, 0) is 20.9 Å². The first-order valence-electron chi connectivity index (χ1n) is 9.30. The van der Waals surface area contributed by atoms with Gasteiger partial charge in [-0.2, -0.15) is 5.10 Å². The lowest BCUT2D eigenvalue weighted by Crippen LogP contribution is -2.41. The van der Waals surface area contributed by atoms with Gasteiger partial charge in [0.15, 0.2) is 0 Å². The third-order valence-electron chi connectivity index (χ3n) is 4.28. The molecular weight excluding hydrogens is 394 g/mol. The van der Waals surface area contributed by atoms with Crippen molar-refractivity contribution >= 4 is 29.6 Å². The molecule has 0 saturated carbocycles. The van der Waals surface area contributed by atoms with Crippen molar-refractivity contribution in [1.82, 2.24) is 10.7 Å². The Hall–Kier alpha value is -2.90. The van der Waals surface area contributed by atoms with Crippen LogP contribution in [0.3, 0.4) is 0 Å². The van der Waals surface area contributed by atoms with Gasteiger partial charge in [-0.1, -0.05) is 35.9 Å². The number of ether oxygens (including phenoxy) is 2. The summed E-state index contributed by atoms with van der Waals surface area (Å²) in [5, 5.41) is 7.04. The van der Waals surface area contributed by atoms with Crippen molar-refractivity contribution in [2.75, 3.05) is 13.2 Å². The standard InChI is InChI=1S/C21H22ClN3O4/c22-17-8-6-15(7-9-17)14-29-18-4-1-3-16(11-18)12-24-25-21(27)20(26)23-13-19-5-2-10-28-19/h1,3-4,6-9,11-12,19H,2,5,10,13-14H2,(H,23,26)(H,25,27)/b24-12-/t19-/m0/s1. The first kappa shape index (κ1) is 20.8. The van der Waals surface area contributed by atoms with E-state index in [9.17, 15) is 9.59 Å². The molecule has 0 aliphatic carbocycles. The molecule has 2 aromatic rings. The third kappa shape index (κ3) is 6.89. The van der Waals surface area contributed by atoms with E-state index in [4.69, 9.17) is 21.1 Å². The molecule has 0 radical (unpaired) electrons. The summed E-state index contributed by atoms with van der Waals surface area (Å²) in [6.07, 6.45) is 3.28. The maximum absolute atomic E-state index is 11.8. The minimum atomic E-state index is -0.825. The molecule has 3 rings (SSSR count). The van der Waals surface area contributed by atoms with E-state index >= 15 is 0 Å². The molecule has 1 atom stereocenters.